The smallest absolute Gasteiger partial charge is 0.0311 e. The minimum atomic E-state index is 0.800. The lowest BCUT2D eigenvalue weighted by Gasteiger charge is -1.96. The van der Waals surface area contributed by atoms with Crippen LogP contribution in [0.3, 0.4) is 0 Å². The van der Waals surface area contributed by atoms with E-state index in [1.54, 1.807) is 0 Å². The van der Waals surface area contributed by atoms with Crippen LogP contribution in [0, 0.1) is 0 Å². The average Bonchev–Trinajstić information content (AvgIpc) is 1.97. The maximum absolute atomic E-state index is 4.21. The Morgan fingerprint density at radius 3 is 2.50 bits per heavy atom. The topological polar surface area (TPSA) is 14.1 Å². The Hall–Kier alpha value is -0.560. The van der Waals surface area contributed by atoms with Gasteiger partial charge in [-0.25, -0.2) is 5.32 Å². The van der Waals surface area contributed by atoms with Crippen LogP contribution in [0.1, 0.15) is 19.3 Å². The van der Waals surface area contributed by atoms with E-state index in [2.05, 4.69) is 18.5 Å². The molecule has 0 aromatic rings. The molecule has 0 unspecified atom stereocenters. The summed E-state index contributed by atoms with van der Waals surface area (Å²) in [7, 11) is 0. The molecular weight excluding hydrogens is 122 g/mol. The SMILES string of the molecule is C=CCCCC[N]CC=C. The highest BCUT2D eigenvalue weighted by Crippen LogP contribution is 1.93. The van der Waals surface area contributed by atoms with Gasteiger partial charge in [-0.1, -0.05) is 12.2 Å². The highest BCUT2D eigenvalue weighted by molar-refractivity contribution is 4.70. The Balaban J connectivity index is 2.76. The van der Waals surface area contributed by atoms with Crippen molar-refractivity contribution in [1.29, 1.82) is 0 Å². The van der Waals surface area contributed by atoms with Crippen molar-refractivity contribution >= 4 is 0 Å². The van der Waals surface area contributed by atoms with E-state index in [0.29, 0.717) is 0 Å². The first-order valence-corrected chi connectivity index (χ1v) is 3.77. The molecule has 1 nitrogen and oxygen atoms in total. The number of allylic oxidation sites excluding steroid dienone is 1. The zero-order valence-corrected chi connectivity index (χ0v) is 6.55. The summed E-state index contributed by atoms with van der Waals surface area (Å²) in [5, 5.41) is 4.21. The second kappa shape index (κ2) is 8.44. The molecule has 0 saturated carbocycles. The summed E-state index contributed by atoms with van der Waals surface area (Å²) in [6, 6.07) is 0. The van der Waals surface area contributed by atoms with Gasteiger partial charge in [-0.3, -0.25) is 0 Å². The standard InChI is InChI=1S/C9H16N/c1-3-5-6-7-9-10-8-4-2/h3-4H,1-2,5-9H2. The molecule has 0 aliphatic rings. The van der Waals surface area contributed by atoms with Crippen molar-refractivity contribution in [1.82, 2.24) is 5.32 Å². The molecule has 0 aliphatic carbocycles. The average molecular weight is 138 g/mol. The lowest BCUT2D eigenvalue weighted by molar-refractivity contribution is 0.652. The van der Waals surface area contributed by atoms with Crippen molar-refractivity contribution in [3.63, 3.8) is 0 Å². The van der Waals surface area contributed by atoms with Crippen LogP contribution < -0.4 is 5.32 Å². The lowest BCUT2D eigenvalue weighted by atomic mass is 10.2. The Labute approximate surface area is 63.8 Å². The first-order valence-electron chi connectivity index (χ1n) is 3.77. The maximum atomic E-state index is 4.21. The second-order valence-electron chi connectivity index (χ2n) is 2.20. The largest absolute Gasteiger partial charge is 0.238 e. The third-order valence-electron chi connectivity index (χ3n) is 1.23. The van der Waals surface area contributed by atoms with Gasteiger partial charge in [0.05, 0.1) is 0 Å². The minimum Gasteiger partial charge on any atom is -0.238 e. The summed E-state index contributed by atoms with van der Waals surface area (Å²) in [4.78, 5) is 0. The van der Waals surface area contributed by atoms with Gasteiger partial charge >= 0.3 is 0 Å². The van der Waals surface area contributed by atoms with Crippen LogP contribution in [0.2, 0.25) is 0 Å². The van der Waals surface area contributed by atoms with E-state index in [1.165, 1.54) is 12.8 Å². The van der Waals surface area contributed by atoms with Crippen LogP contribution in [0.15, 0.2) is 25.3 Å². The summed E-state index contributed by atoms with van der Waals surface area (Å²) in [5.74, 6) is 0. The third-order valence-corrected chi connectivity index (χ3v) is 1.23. The van der Waals surface area contributed by atoms with Gasteiger partial charge in [-0.05, 0) is 19.3 Å². The monoisotopic (exact) mass is 138 g/mol. The zero-order valence-electron chi connectivity index (χ0n) is 6.55. The lowest BCUT2D eigenvalue weighted by Crippen LogP contribution is -2.05. The molecule has 0 atom stereocenters. The van der Waals surface area contributed by atoms with Gasteiger partial charge in [0.1, 0.15) is 0 Å². The number of rotatable bonds is 7. The molecule has 0 heterocycles. The van der Waals surface area contributed by atoms with Crippen LogP contribution in [-0.2, 0) is 0 Å². The number of hydrogen-bond acceptors (Lipinski definition) is 0. The molecular formula is C9H16N. The van der Waals surface area contributed by atoms with E-state index < -0.39 is 0 Å². The van der Waals surface area contributed by atoms with Crippen LogP contribution in [0.25, 0.3) is 0 Å². The highest BCUT2D eigenvalue weighted by atomic mass is 14.8. The zero-order chi connectivity index (χ0) is 7.66. The molecule has 0 rings (SSSR count). The molecule has 0 spiro atoms. The Bertz CT molecular complexity index is 74.7. The number of hydrogen-bond donors (Lipinski definition) is 0. The maximum Gasteiger partial charge on any atom is 0.0311 e. The Kier molecular flexibility index (Phi) is 7.97. The summed E-state index contributed by atoms with van der Waals surface area (Å²) in [6.07, 6.45) is 7.29. The molecule has 0 aromatic carbocycles. The second-order valence-corrected chi connectivity index (χ2v) is 2.20. The fourth-order valence-corrected chi connectivity index (χ4v) is 0.695. The van der Waals surface area contributed by atoms with Crippen molar-refractivity contribution in [3.05, 3.63) is 25.3 Å². The van der Waals surface area contributed by atoms with Crippen LogP contribution in [-0.4, -0.2) is 13.1 Å². The Morgan fingerprint density at radius 2 is 1.90 bits per heavy atom. The van der Waals surface area contributed by atoms with Crippen molar-refractivity contribution in [2.45, 2.75) is 19.3 Å². The van der Waals surface area contributed by atoms with Crippen LogP contribution in [0.5, 0.6) is 0 Å². The van der Waals surface area contributed by atoms with Crippen molar-refractivity contribution in [2.75, 3.05) is 13.1 Å². The first-order chi connectivity index (χ1) is 4.91. The van der Waals surface area contributed by atoms with E-state index >= 15 is 0 Å². The Morgan fingerprint density at radius 1 is 1.10 bits per heavy atom. The van der Waals surface area contributed by atoms with Crippen molar-refractivity contribution in [3.8, 4) is 0 Å². The van der Waals surface area contributed by atoms with Gasteiger partial charge in [-0.15, -0.1) is 13.2 Å². The van der Waals surface area contributed by atoms with Gasteiger partial charge in [0.2, 0.25) is 0 Å². The van der Waals surface area contributed by atoms with E-state index in [9.17, 15) is 0 Å². The highest BCUT2D eigenvalue weighted by Gasteiger charge is 1.85. The van der Waals surface area contributed by atoms with Gasteiger partial charge < -0.3 is 0 Å². The number of unbranched alkanes of at least 4 members (excludes halogenated alkanes) is 2. The summed E-state index contributed by atoms with van der Waals surface area (Å²) >= 11 is 0. The van der Waals surface area contributed by atoms with E-state index in [0.717, 1.165) is 19.5 Å². The minimum absolute atomic E-state index is 0.800. The van der Waals surface area contributed by atoms with Gasteiger partial charge in [0.25, 0.3) is 0 Å². The predicted octanol–water partition coefficient (Wildman–Crippen LogP) is 2.13. The fourth-order valence-electron chi connectivity index (χ4n) is 0.695. The summed E-state index contributed by atoms with van der Waals surface area (Å²) in [6.45, 7) is 9.00. The van der Waals surface area contributed by atoms with Crippen molar-refractivity contribution < 1.29 is 0 Å². The molecule has 0 aromatic heterocycles. The molecule has 0 fully saturated rings. The molecule has 1 radical (unpaired) electrons. The van der Waals surface area contributed by atoms with E-state index in [1.807, 2.05) is 12.2 Å². The van der Waals surface area contributed by atoms with Crippen molar-refractivity contribution in [2.24, 2.45) is 0 Å². The van der Waals surface area contributed by atoms with Gasteiger partial charge in [0, 0.05) is 13.1 Å². The van der Waals surface area contributed by atoms with Gasteiger partial charge in [0.15, 0.2) is 0 Å². The molecule has 10 heavy (non-hydrogen) atoms. The van der Waals surface area contributed by atoms with E-state index in [-0.39, 0.29) is 0 Å². The molecule has 57 valence electrons. The number of nitrogens with zero attached hydrogens (tertiary/aromatic N) is 1. The molecule has 0 N–H and O–H groups in total. The van der Waals surface area contributed by atoms with E-state index in [4.69, 9.17) is 0 Å². The normalized spacial score (nSPS) is 9.20. The predicted molar refractivity (Wildman–Crippen MR) is 46.1 cm³/mol. The summed E-state index contributed by atoms with van der Waals surface area (Å²) < 4.78 is 0. The van der Waals surface area contributed by atoms with Crippen LogP contribution in [0.4, 0.5) is 0 Å². The molecule has 1 heteroatoms. The summed E-state index contributed by atoms with van der Waals surface area (Å²) in [5.41, 5.74) is 0. The molecule has 0 aliphatic heterocycles. The third kappa shape index (κ3) is 7.44. The molecule has 0 saturated heterocycles. The molecule has 0 bridgehead atoms. The van der Waals surface area contributed by atoms with Gasteiger partial charge in [-0.2, -0.15) is 0 Å². The first kappa shape index (κ1) is 9.44. The van der Waals surface area contributed by atoms with Crippen LogP contribution >= 0.6 is 0 Å². The molecule has 0 amide bonds. The fraction of sp³-hybridized carbons (Fsp3) is 0.556. The quantitative estimate of drug-likeness (QED) is 0.378.